The van der Waals surface area contributed by atoms with Crippen molar-refractivity contribution in [1.29, 1.82) is 0 Å². The largest absolute Gasteiger partial charge is 0.351 e. The van der Waals surface area contributed by atoms with Crippen molar-refractivity contribution in [3.05, 3.63) is 53.6 Å². The van der Waals surface area contributed by atoms with Gasteiger partial charge >= 0.3 is 0 Å². The number of hydrogen-bond acceptors (Lipinski definition) is 3. The molecule has 0 unspecified atom stereocenters. The van der Waals surface area contributed by atoms with Crippen LogP contribution in [0.2, 0.25) is 0 Å². The van der Waals surface area contributed by atoms with E-state index in [-0.39, 0.29) is 17.8 Å². The Morgan fingerprint density at radius 2 is 1.85 bits per heavy atom. The molecule has 2 N–H and O–H groups in total. The second kappa shape index (κ2) is 9.90. The van der Waals surface area contributed by atoms with Crippen molar-refractivity contribution in [1.82, 2.24) is 10.3 Å². The molecule has 140 valence electrons. The first-order valence-electron chi connectivity index (χ1n) is 9.41. The minimum absolute atomic E-state index is 0.140. The lowest BCUT2D eigenvalue weighted by atomic mass is 9.95. The van der Waals surface area contributed by atoms with E-state index in [1.165, 1.54) is 12.5 Å². The topological polar surface area (TPSA) is 54.0 Å². The molecule has 1 amide bonds. The molecule has 3 rings (SSSR count). The van der Waals surface area contributed by atoms with E-state index in [1.54, 1.807) is 24.5 Å². The number of carbonyl (C=O) groups is 1. The first-order chi connectivity index (χ1) is 12.6. The minimum Gasteiger partial charge on any atom is -0.351 e. The average molecular weight is 357 g/mol. The lowest BCUT2D eigenvalue weighted by molar-refractivity contribution is 0.0928. The number of benzene rings is 1. The molecular weight excluding hydrogens is 329 g/mol. The van der Waals surface area contributed by atoms with Crippen LogP contribution in [0.15, 0.2) is 36.7 Å². The summed E-state index contributed by atoms with van der Waals surface area (Å²) >= 11 is 0. The number of nitrogens with zero attached hydrogens (tertiary/aromatic N) is 1. The molecule has 0 atom stereocenters. The Bertz CT molecular complexity index is 727. The van der Waals surface area contributed by atoms with Crippen LogP contribution in [0, 0.1) is 12.7 Å². The Labute approximate surface area is 155 Å². The molecule has 0 spiro atoms. The number of hydrogen-bond donors (Lipinski definition) is 2. The summed E-state index contributed by atoms with van der Waals surface area (Å²) in [6.45, 7) is 5.83. The molecule has 0 aliphatic heterocycles. The Balaban J connectivity index is 0.00000117. The van der Waals surface area contributed by atoms with Gasteiger partial charge < -0.3 is 10.6 Å². The zero-order valence-corrected chi connectivity index (χ0v) is 15.8. The van der Waals surface area contributed by atoms with Crippen molar-refractivity contribution in [3.8, 4) is 0 Å². The summed E-state index contributed by atoms with van der Waals surface area (Å²) in [4.78, 5) is 16.6. The molecule has 1 saturated carbocycles. The highest BCUT2D eigenvalue weighted by molar-refractivity contribution is 6.00. The number of rotatable bonds is 4. The van der Waals surface area contributed by atoms with E-state index in [0.717, 1.165) is 31.2 Å². The normalized spacial score (nSPS) is 14.2. The summed E-state index contributed by atoms with van der Waals surface area (Å²) in [7, 11) is 0. The highest BCUT2D eigenvalue weighted by Gasteiger charge is 2.19. The van der Waals surface area contributed by atoms with E-state index in [0.29, 0.717) is 16.9 Å². The molecule has 4 nitrogen and oxygen atoms in total. The molecule has 26 heavy (non-hydrogen) atoms. The van der Waals surface area contributed by atoms with Crippen molar-refractivity contribution < 1.29 is 9.18 Å². The minimum atomic E-state index is -0.350. The third kappa shape index (κ3) is 5.28. The molecule has 2 aromatic rings. The van der Waals surface area contributed by atoms with Crippen LogP contribution < -0.4 is 10.6 Å². The van der Waals surface area contributed by atoms with Crippen LogP contribution in [0.25, 0.3) is 0 Å². The van der Waals surface area contributed by atoms with Crippen LogP contribution in [0.4, 0.5) is 15.8 Å². The number of pyridine rings is 1. The maximum absolute atomic E-state index is 14.1. The van der Waals surface area contributed by atoms with E-state index >= 15 is 0 Å². The van der Waals surface area contributed by atoms with E-state index in [9.17, 15) is 9.18 Å². The van der Waals surface area contributed by atoms with Crippen LogP contribution in [-0.2, 0) is 0 Å². The molecule has 1 aromatic carbocycles. The Kier molecular flexibility index (Phi) is 7.57. The summed E-state index contributed by atoms with van der Waals surface area (Å²) in [6.07, 6.45) is 8.71. The van der Waals surface area contributed by atoms with E-state index in [1.807, 2.05) is 26.8 Å². The fourth-order valence-corrected chi connectivity index (χ4v) is 3.07. The summed E-state index contributed by atoms with van der Waals surface area (Å²) in [5, 5.41) is 6.07. The van der Waals surface area contributed by atoms with Crippen LogP contribution in [0.3, 0.4) is 0 Å². The standard InChI is InChI=1S/C19H22FN3O.C2H6/c1-13-7-8-17(16(20)11-13)23-18-12-21-10-9-15(18)19(24)22-14-5-3-2-4-6-14;1-2/h7-12,14,23H,2-6H2,1H3,(H,22,24);1-2H3. The number of aryl methyl sites for hydroxylation is 1. The van der Waals surface area contributed by atoms with Crippen molar-refractivity contribution in [2.75, 3.05) is 5.32 Å². The van der Waals surface area contributed by atoms with Crippen LogP contribution in [0.5, 0.6) is 0 Å². The monoisotopic (exact) mass is 357 g/mol. The zero-order chi connectivity index (χ0) is 18.9. The Morgan fingerprint density at radius 3 is 2.54 bits per heavy atom. The van der Waals surface area contributed by atoms with Gasteiger partial charge in [0.1, 0.15) is 5.82 Å². The van der Waals surface area contributed by atoms with E-state index < -0.39 is 0 Å². The molecule has 1 aromatic heterocycles. The van der Waals surface area contributed by atoms with Gasteiger partial charge in [0.2, 0.25) is 0 Å². The number of aromatic nitrogens is 1. The van der Waals surface area contributed by atoms with Gasteiger partial charge in [-0.05, 0) is 43.5 Å². The second-order valence-electron chi connectivity index (χ2n) is 6.34. The molecule has 5 heteroatoms. The maximum atomic E-state index is 14.1. The highest BCUT2D eigenvalue weighted by atomic mass is 19.1. The van der Waals surface area contributed by atoms with Gasteiger partial charge in [0.25, 0.3) is 5.91 Å². The molecule has 1 aliphatic carbocycles. The summed E-state index contributed by atoms with van der Waals surface area (Å²) in [5.74, 6) is -0.489. The number of halogens is 1. The number of nitrogens with one attached hydrogen (secondary N) is 2. The predicted octanol–water partition coefficient (Wildman–Crippen LogP) is 5.36. The van der Waals surface area contributed by atoms with E-state index in [2.05, 4.69) is 15.6 Å². The SMILES string of the molecule is CC.Cc1ccc(Nc2cnccc2C(=O)NC2CCCCC2)c(F)c1. The van der Waals surface area contributed by atoms with Crippen molar-refractivity contribution in [2.24, 2.45) is 0 Å². The molecule has 0 saturated heterocycles. The van der Waals surface area contributed by atoms with Crippen molar-refractivity contribution >= 4 is 17.3 Å². The van der Waals surface area contributed by atoms with Gasteiger partial charge in [-0.3, -0.25) is 9.78 Å². The fourth-order valence-electron chi connectivity index (χ4n) is 3.07. The average Bonchev–Trinajstić information content (AvgIpc) is 2.67. The summed E-state index contributed by atoms with van der Waals surface area (Å²) in [5.41, 5.74) is 2.17. The molecule has 1 fully saturated rings. The lowest BCUT2D eigenvalue weighted by Crippen LogP contribution is -2.36. The highest BCUT2D eigenvalue weighted by Crippen LogP contribution is 2.24. The number of anilines is 2. The zero-order valence-electron chi connectivity index (χ0n) is 15.8. The first kappa shape index (κ1) is 19.9. The van der Waals surface area contributed by atoms with Crippen molar-refractivity contribution in [3.63, 3.8) is 0 Å². The van der Waals surface area contributed by atoms with Crippen LogP contribution in [-0.4, -0.2) is 16.9 Å². The smallest absolute Gasteiger partial charge is 0.253 e. The predicted molar refractivity (Wildman–Crippen MR) is 104 cm³/mol. The van der Waals surface area contributed by atoms with Gasteiger partial charge in [0, 0.05) is 12.2 Å². The van der Waals surface area contributed by atoms with Gasteiger partial charge in [-0.2, -0.15) is 0 Å². The lowest BCUT2D eigenvalue weighted by Gasteiger charge is -2.23. The molecule has 0 radical (unpaired) electrons. The number of carbonyl (C=O) groups excluding carboxylic acids is 1. The fraction of sp³-hybridized carbons (Fsp3) is 0.429. The number of amides is 1. The Hall–Kier alpha value is -2.43. The second-order valence-corrected chi connectivity index (χ2v) is 6.34. The Morgan fingerprint density at radius 1 is 1.12 bits per heavy atom. The molecule has 1 heterocycles. The van der Waals surface area contributed by atoms with E-state index in [4.69, 9.17) is 0 Å². The maximum Gasteiger partial charge on any atom is 0.253 e. The third-order valence-corrected chi connectivity index (χ3v) is 4.40. The molecule has 0 bridgehead atoms. The van der Waals surface area contributed by atoms with Gasteiger partial charge in [0.15, 0.2) is 0 Å². The third-order valence-electron chi connectivity index (χ3n) is 4.40. The van der Waals surface area contributed by atoms with Gasteiger partial charge in [0.05, 0.1) is 23.1 Å². The van der Waals surface area contributed by atoms with Gasteiger partial charge in [-0.1, -0.05) is 39.2 Å². The van der Waals surface area contributed by atoms with Gasteiger partial charge in [-0.25, -0.2) is 4.39 Å². The molecular formula is C21H28FN3O. The summed E-state index contributed by atoms with van der Waals surface area (Å²) < 4.78 is 14.1. The van der Waals surface area contributed by atoms with Crippen molar-refractivity contribution in [2.45, 2.75) is 58.9 Å². The summed E-state index contributed by atoms with van der Waals surface area (Å²) in [6, 6.07) is 6.83. The van der Waals surface area contributed by atoms with Gasteiger partial charge in [-0.15, -0.1) is 0 Å². The van der Waals surface area contributed by atoms with Crippen LogP contribution in [0.1, 0.15) is 61.9 Å². The first-order valence-corrected chi connectivity index (χ1v) is 9.41. The van der Waals surface area contributed by atoms with Crippen LogP contribution >= 0.6 is 0 Å². The quantitative estimate of drug-likeness (QED) is 0.774. The molecule has 1 aliphatic rings.